The number of aryl methyl sites for hydroxylation is 1. The van der Waals surface area contributed by atoms with E-state index in [2.05, 4.69) is 11.1 Å². The van der Waals surface area contributed by atoms with E-state index in [1.165, 1.54) is 0 Å². The van der Waals surface area contributed by atoms with Crippen molar-refractivity contribution in [3.05, 3.63) is 65.7 Å². The first-order valence-corrected chi connectivity index (χ1v) is 7.08. The van der Waals surface area contributed by atoms with E-state index in [0.717, 1.165) is 27.6 Å². The monoisotopic (exact) mass is 291 g/mol. The smallest absolute Gasteiger partial charge is 0.141 e. The number of aliphatic imine (C=N–C) groups is 1. The quantitative estimate of drug-likeness (QED) is 0.716. The lowest BCUT2D eigenvalue weighted by atomic mass is 10.0. The van der Waals surface area contributed by atoms with Gasteiger partial charge in [-0.05, 0) is 41.5 Å². The molecule has 0 aliphatic carbocycles. The number of ether oxygens (including phenoxy) is 1. The van der Waals surface area contributed by atoms with Crippen molar-refractivity contribution in [1.82, 2.24) is 0 Å². The van der Waals surface area contributed by atoms with E-state index in [0.29, 0.717) is 5.69 Å². The molecule has 0 bridgehead atoms. The number of benzene rings is 3. The van der Waals surface area contributed by atoms with Gasteiger partial charge in [-0.15, -0.1) is 0 Å². The van der Waals surface area contributed by atoms with Gasteiger partial charge in [-0.1, -0.05) is 36.4 Å². The number of methoxy groups -OCH3 is 1. The first-order chi connectivity index (χ1) is 10.7. The number of nitrogens with zero attached hydrogens (tertiary/aromatic N) is 1. The van der Waals surface area contributed by atoms with Crippen molar-refractivity contribution < 1.29 is 9.84 Å². The molecule has 0 radical (unpaired) electrons. The molecule has 0 heterocycles. The Morgan fingerprint density at radius 3 is 2.64 bits per heavy atom. The van der Waals surface area contributed by atoms with Crippen LogP contribution in [0.25, 0.3) is 10.8 Å². The van der Waals surface area contributed by atoms with Crippen molar-refractivity contribution in [2.24, 2.45) is 4.99 Å². The van der Waals surface area contributed by atoms with Gasteiger partial charge in [-0.25, -0.2) is 0 Å². The van der Waals surface area contributed by atoms with Gasteiger partial charge in [0.2, 0.25) is 0 Å². The Labute approximate surface area is 129 Å². The second kappa shape index (κ2) is 5.90. The van der Waals surface area contributed by atoms with Gasteiger partial charge in [0.05, 0.1) is 7.11 Å². The van der Waals surface area contributed by atoms with Gasteiger partial charge in [0.15, 0.2) is 0 Å². The Morgan fingerprint density at radius 1 is 1.05 bits per heavy atom. The van der Waals surface area contributed by atoms with Crippen LogP contribution >= 0.6 is 0 Å². The number of rotatable bonds is 3. The van der Waals surface area contributed by atoms with Gasteiger partial charge >= 0.3 is 0 Å². The number of aromatic hydroxyl groups is 1. The van der Waals surface area contributed by atoms with Crippen molar-refractivity contribution in [1.29, 1.82) is 0 Å². The van der Waals surface area contributed by atoms with Gasteiger partial charge in [-0.3, -0.25) is 4.99 Å². The van der Waals surface area contributed by atoms with Crippen LogP contribution in [0.5, 0.6) is 11.5 Å². The molecule has 1 N–H and O–H groups in total. The van der Waals surface area contributed by atoms with Crippen LogP contribution in [0.3, 0.4) is 0 Å². The summed E-state index contributed by atoms with van der Waals surface area (Å²) in [6, 6.07) is 17.5. The van der Waals surface area contributed by atoms with E-state index in [-0.39, 0.29) is 5.75 Å². The topological polar surface area (TPSA) is 41.8 Å². The van der Waals surface area contributed by atoms with Crippen LogP contribution in [0.15, 0.2) is 59.6 Å². The predicted octanol–water partition coefficient (Wildman–Crippen LogP) is 4.61. The molecule has 22 heavy (non-hydrogen) atoms. The fourth-order valence-electron chi connectivity index (χ4n) is 2.46. The predicted molar refractivity (Wildman–Crippen MR) is 90.6 cm³/mol. The summed E-state index contributed by atoms with van der Waals surface area (Å²) in [6.07, 6.45) is 1.74. The summed E-state index contributed by atoms with van der Waals surface area (Å²) in [5, 5.41) is 12.2. The zero-order valence-corrected chi connectivity index (χ0v) is 12.6. The minimum absolute atomic E-state index is 0.176. The number of hydrogen-bond donors (Lipinski definition) is 1. The molecule has 0 saturated heterocycles. The van der Waals surface area contributed by atoms with Crippen molar-refractivity contribution >= 4 is 22.7 Å². The highest BCUT2D eigenvalue weighted by Crippen LogP contribution is 2.30. The van der Waals surface area contributed by atoms with Crippen LogP contribution in [-0.2, 0) is 0 Å². The molecule has 0 amide bonds. The first-order valence-electron chi connectivity index (χ1n) is 7.08. The molecule has 3 heteroatoms. The SMILES string of the molecule is COc1ccc2ccccc2c1C=Nc1ccc(C)cc1O. The van der Waals surface area contributed by atoms with E-state index in [9.17, 15) is 5.11 Å². The molecule has 0 saturated carbocycles. The highest BCUT2D eigenvalue weighted by molar-refractivity contribution is 6.03. The third-order valence-electron chi connectivity index (χ3n) is 3.61. The maximum Gasteiger partial charge on any atom is 0.141 e. The van der Waals surface area contributed by atoms with E-state index in [4.69, 9.17) is 4.74 Å². The van der Waals surface area contributed by atoms with Crippen LogP contribution < -0.4 is 4.74 Å². The third kappa shape index (κ3) is 2.66. The third-order valence-corrected chi connectivity index (χ3v) is 3.61. The molecule has 0 aromatic heterocycles. The molecule has 0 aliphatic heterocycles. The Hall–Kier alpha value is -2.81. The standard InChI is InChI=1S/C19H17NO2/c1-13-7-9-17(18(21)11-13)20-12-16-15-6-4-3-5-14(15)8-10-19(16)22-2/h3-12,21H,1-2H3. The summed E-state index contributed by atoms with van der Waals surface area (Å²) in [5.41, 5.74) is 2.44. The molecule has 3 aromatic carbocycles. The average Bonchev–Trinajstić information content (AvgIpc) is 2.53. The minimum atomic E-state index is 0.176. The molecule has 0 atom stereocenters. The number of hydrogen-bond acceptors (Lipinski definition) is 3. The maximum atomic E-state index is 9.96. The highest BCUT2D eigenvalue weighted by atomic mass is 16.5. The first kappa shape index (κ1) is 14.1. The Balaban J connectivity index is 2.11. The molecule has 0 spiro atoms. The summed E-state index contributed by atoms with van der Waals surface area (Å²) in [4.78, 5) is 4.42. The molecule has 3 nitrogen and oxygen atoms in total. The van der Waals surface area contributed by atoms with Gasteiger partial charge in [0.1, 0.15) is 17.2 Å². The van der Waals surface area contributed by atoms with E-state index >= 15 is 0 Å². The van der Waals surface area contributed by atoms with Gasteiger partial charge in [-0.2, -0.15) is 0 Å². The summed E-state index contributed by atoms with van der Waals surface area (Å²) < 4.78 is 5.44. The Kier molecular flexibility index (Phi) is 3.79. The van der Waals surface area contributed by atoms with Gasteiger partial charge in [0, 0.05) is 11.8 Å². The maximum absolute atomic E-state index is 9.96. The fraction of sp³-hybridized carbons (Fsp3) is 0.105. The van der Waals surface area contributed by atoms with Gasteiger partial charge < -0.3 is 9.84 Å². The zero-order chi connectivity index (χ0) is 15.5. The van der Waals surface area contributed by atoms with Crippen molar-refractivity contribution in [3.63, 3.8) is 0 Å². The van der Waals surface area contributed by atoms with Crippen LogP contribution in [0.1, 0.15) is 11.1 Å². The summed E-state index contributed by atoms with van der Waals surface area (Å²) in [6.45, 7) is 1.93. The molecule has 3 aromatic rings. The van der Waals surface area contributed by atoms with Crippen LogP contribution in [0, 0.1) is 6.92 Å². The minimum Gasteiger partial charge on any atom is -0.506 e. The van der Waals surface area contributed by atoms with Crippen LogP contribution in [-0.4, -0.2) is 18.4 Å². The van der Waals surface area contributed by atoms with Crippen LogP contribution in [0.2, 0.25) is 0 Å². The fourth-order valence-corrected chi connectivity index (χ4v) is 2.46. The Bertz CT molecular complexity index is 853. The molecular weight excluding hydrogens is 274 g/mol. The molecule has 0 unspecified atom stereocenters. The number of phenols is 1. The van der Waals surface area contributed by atoms with E-state index in [1.807, 2.05) is 43.3 Å². The average molecular weight is 291 g/mol. The number of phenolic OH excluding ortho intramolecular Hbond substituents is 1. The van der Waals surface area contributed by atoms with Gasteiger partial charge in [0.25, 0.3) is 0 Å². The summed E-state index contributed by atoms with van der Waals surface area (Å²) in [7, 11) is 1.64. The summed E-state index contributed by atoms with van der Waals surface area (Å²) >= 11 is 0. The second-order valence-corrected chi connectivity index (χ2v) is 5.15. The second-order valence-electron chi connectivity index (χ2n) is 5.15. The molecule has 110 valence electrons. The van der Waals surface area contributed by atoms with E-state index in [1.54, 1.807) is 25.5 Å². The van der Waals surface area contributed by atoms with Crippen molar-refractivity contribution in [2.75, 3.05) is 7.11 Å². The van der Waals surface area contributed by atoms with Crippen molar-refractivity contribution in [3.8, 4) is 11.5 Å². The lowest BCUT2D eigenvalue weighted by molar-refractivity contribution is 0.415. The summed E-state index contributed by atoms with van der Waals surface area (Å²) in [5.74, 6) is 0.935. The lowest BCUT2D eigenvalue weighted by Gasteiger charge is -2.08. The molecule has 0 aliphatic rings. The highest BCUT2D eigenvalue weighted by Gasteiger charge is 2.06. The number of fused-ring (bicyclic) bond motifs is 1. The van der Waals surface area contributed by atoms with E-state index < -0.39 is 0 Å². The molecule has 0 fully saturated rings. The Morgan fingerprint density at radius 2 is 1.86 bits per heavy atom. The lowest BCUT2D eigenvalue weighted by Crippen LogP contribution is -1.92. The largest absolute Gasteiger partial charge is 0.506 e. The zero-order valence-electron chi connectivity index (χ0n) is 12.6. The molecular formula is C19H17NO2. The van der Waals surface area contributed by atoms with Crippen molar-refractivity contribution in [2.45, 2.75) is 6.92 Å². The normalized spacial score (nSPS) is 11.2. The van der Waals surface area contributed by atoms with Crippen LogP contribution in [0.4, 0.5) is 5.69 Å². The molecule has 3 rings (SSSR count).